The number of aryl methyl sites for hydroxylation is 3. The second kappa shape index (κ2) is 11.4. The summed E-state index contributed by atoms with van der Waals surface area (Å²) in [5.41, 5.74) is 4.91. The molecule has 1 N–H and O–H groups in total. The lowest BCUT2D eigenvalue weighted by Crippen LogP contribution is -2.28. The first-order valence-electron chi connectivity index (χ1n) is 11.9. The Morgan fingerprint density at radius 3 is 2.73 bits per heavy atom. The molecule has 8 heteroatoms. The van der Waals surface area contributed by atoms with Gasteiger partial charge in [0, 0.05) is 41.2 Å². The minimum absolute atomic E-state index is 0.102. The number of carbonyl (C=O) groups excluding carboxylic acids is 1. The van der Waals surface area contributed by atoms with Gasteiger partial charge in [-0.05, 0) is 62.7 Å². The number of rotatable bonds is 9. The summed E-state index contributed by atoms with van der Waals surface area (Å²) in [5, 5.41) is 16.8. The number of furan rings is 1. The zero-order chi connectivity index (χ0) is 26.4. The molecule has 1 unspecified atom stereocenters. The van der Waals surface area contributed by atoms with Crippen LogP contribution in [0, 0.1) is 32.1 Å². The minimum Gasteiger partial charge on any atom is -0.497 e. The maximum absolute atomic E-state index is 13.1. The van der Waals surface area contributed by atoms with Gasteiger partial charge < -0.3 is 14.5 Å². The summed E-state index contributed by atoms with van der Waals surface area (Å²) in [4.78, 5) is 17.7. The number of nitrogens with one attached hydrogen (secondary N) is 1. The largest absolute Gasteiger partial charge is 0.497 e. The SMILES string of the molecule is COc1cccc(C(Cc2cccc(C)n2)NC(=O)C=Cc2cn(CC#N)nc2-c2cc(C)oc2C)c1. The lowest BCUT2D eigenvalue weighted by Gasteiger charge is -2.19. The first-order chi connectivity index (χ1) is 17.9. The van der Waals surface area contributed by atoms with Crippen molar-refractivity contribution in [2.45, 2.75) is 39.8 Å². The summed E-state index contributed by atoms with van der Waals surface area (Å²) >= 11 is 0. The molecule has 3 aromatic heterocycles. The van der Waals surface area contributed by atoms with Crippen LogP contribution in [0.5, 0.6) is 5.75 Å². The fraction of sp³-hybridized carbons (Fsp3) is 0.241. The highest BCUT2D eigenvalue weighted by molar-refractivity contribution is 5.93. The molecule has 0 aliphatic carbocycles. The molecule has 1 aromatic carbocycles. The van der Waals surface area contributed by atoms with Gasteiger partial charge in [0.1, 0.15) is 29.5 Å². The number of nitriles is 1. The molecule has 0 saturated carbocycles. The van der Waals surface area contributed by atoms with Crippen LogP contribution in [0.2, 0.25) is 0 Å². The Morgan fingerprint density at radius 2 is 2.03 bits per heavy atom. The number of amides is 1. The van der Waals surface area contributed by atoms with E-state index < -0.39 is 0 Å². The second-order valence-corrected chi connectivity index (χ2v) is 8.76. The summed E-state index contributed by atoms with van der Waals surface area (Å²) in [6.07, 6.45) is 5.46. The van der Waals surface area contributed by atoms with Crippen molar-refractivity contribution >= 4 is 12.0 Å². The molecule has 3 heterocycles. The van der Waals surface area contributed by atoms with E-state index in [2.05, 4.69) is 21.5 Å². The van der Waals surface area contributed by atoms with E-state index in [1.165, 1.54) is 6.08 Å². The van der Waals surface area contributed by atoms with E-state index >= 15 is 0 Å². The normalized spacial score (nSPS) is 11.9. The van der Waals surface area contributed by atoms with Gasteiger partial charge in [-0.25, -0.2) is 0 Å². The lowest BCUT2D eigenvalue weighted by molar-refractivity contribution is -0.117. The number of carbonyl (C=O) groups is 1. The molecule has 37 heavy (non-hydrogen) atoms. The molecular formula is C29H29N5O3. The highest BCUT2D eigenvalue weighted by Crippen LogP contribution is 2.29. The number of hydrogen-bond donors (Lipinski definition) is 1. The first-order valence-corrected chi connectivity index (χ1v) is 11.9. The van der Waals surface area contributed by atoms with Crippen LogP contribution in [0.4, 0.5) is 0 Å². The van der Waals surface area contributed by atoms with Crippen LogP contribution in [0.1, 0.15) is 40.1 Å². The Hall–Kier alpha value is -4.64. The van der Waals surface area contributed by atoms with Gasteiger partial charge >= 0.3 is 0 Å². The summed E-state index contributed by atoms with van der Waals surface area (Å²) < 4.78 is 12.6. The van der Waals surface area contributed by atoms with Crippen LogP contribution >= 0.6 is 0 Å². The molecule has 0 radical (unpaired) electrons. The number of pyridine rings is 1. The standard InChI is InChI=1S/C29H29N5O3/c1-19-7-5-9-24(31-19)17-27(22-8-6-10-25(16-22)36-4)32-28(35)12-11-23-18-34(14-13-30)33-29(23)26-15-20(2)37-21(26)3/h5-12,15-16,18,27H,14,17H2,1-4H3,(H,32,35). The molecule has 0 spiro atoms. The molecule has 1 amide bonds. The van der Waals surface area contributed by atoms with Gasteiger partial charge in [-0.3, -0.25) is 14.5 Å². The van der Waals surface area contributed by atoms with Crippen molar-refractivity contribution in [1.82, 2.24) is 20.1 Å². The van der Waals surface area contributed by atoms with Gasteiger partial charge in [-0.1, -0.05) is 18.2 Å². The Labute approximate surface area is 216 Å². The van der Waals surface area contributed by atoms with Crippen LogP contribution in [0.15, 0.2) is 65.2 Å². The molecule has 0 aliphatic rings. The highest BCUT2D eigenvalue weighted by Gasteiger charge is 2.18. The molecule has 0 fully saturated rings. The van der Waals surface area contributed by atoms with Crippen molar-refractivity contribution in [2.24, 2.45) is 0 Å². The average Bonchev–Trinajstić information content (AvgIpc) is 3.43. The van der Waals surface area contributed by atoms with Crippen molar-refractivity contribution in [1.29, 1.82) is 5.26 Å². The second-order valence-electron chi connectivity index (χ2n) is 8.76. The number of hydrogen-bond acceptors (Lipinski definition) is 6. The fourth-order valence-electron chi connectivity index (χ4n) is 4.21. The molecule has 8 nitrogen and oxygen atoms in total. The van der Waals surface area contributed by atoms with E-state index in [-0.39, 0.29) is 18.5 Å². The Morgan fingerprint density at radius 1 is 1.22 bits per heavy atom. The van der Waals surface area contributed by atoms with Gasteiger partial charge in [-0.2, -0.15) is 10.4 Å². The molecule has 188 valence electrons. The zero-order valence-corrected chi connectivity index (χ0v) is 21.4. The third-order valence-electron chi connectivity index (χ3n) is 5.90. The number of methoxy groups -OCH3 is 1. The summed E-state index contributed by atoms with van der Waals surface area (Å²) in [6, 6.07) is 17.2. The molecular weight excluding hydrogens is 466 g/mol. The van der Waals surface area contributed by atoms with E-state index in [0.717, 1.165) is 34.0 Å². The van der Waals surface area contributed by atoms with Crippen molar-refractivity contribution in [2.75, 3.05) is 7.11 Å². The third kappa shape index (κ3) is 6.33. The first kappa shape index (κ1) is 25.5. The van der Waals surface area contributed by atoms with Gasteiger partial charge in [0.15, 0.2) is 0 Å². The average molecular weight is 496 g/mol. The van der Waals surface area contributed by atoms with Crippen LogP contribution in [-0.2, 0) is 17.8 Å². The molecule has 1 atom stereocenters. The lowest BCUT2D eigenvalue weighted by atomic mass is 10.0. The monoisotopic (exact) mass is 495 g/mol. The van der Waals surface area contributed by atoms with Crippen molar-refractivity contribution in [3.63, 3.8) is 0 Å². The Kier molecular flexibility index (Phi) is 7.84. The van der Waals surface area contributed by atoms with Crippen LogP contribution in [0.25, 0.3) is 17.3 Å². The quantitative estimate of drug-likeness (QED) is 0.324. The number of benzene rings is 1. The maximum atomic E-state index is 13.1. The van der Waals surface area contributed by atoms with Crippen LogP contribution in [0.3, 0.4) is 0 Å². The molecule has 0 bridgehead atoms. The maximum Gasteiger partial charge on any atom is 0.244 e. The van der Waals surface area contributed by atoms with Gasteiger partial charge in [0.2, 0.25) is 5.91 Å². The summed E-state index contributed by atoms with van der Waals surface area (Å²) in [7, 11) is 1.62. The van der Waals surface area contributed by atoms with Crippen LogP contribution in [-0.4, -0.2) is 27.8 Å². The predicted octanol–water partition coefficient (Wildman–Crippen LogP) is 5.11. The van der Waals surface area contributed by atoms with Crippen molar-refractivity contribution < 1.29 is 13.9 Å². The minimum atomic E-state index is -0.318. The van der Waals surface area contributed by atoms with E-state index in [1.807, 2.05) is 69.3 Å². The topological polar surface area (TPSA) is 106 Å². The van der Waals surface area contributed by atoms with E-state index in [0.29, 0.717) is 23.4 Å². The molecule has 4 aromatic rings. The summed E-state index contributed by atoms with van der Waals surface area (Å²) in [5.74, 6) is 1.94. The summed E-state index contributed by atoms with van der Waals surface area (Å²) in [6.45, 7) is 5.78. The van der Waals surface area contributed by atoms with Gasteiger partial charge in [0.25, 0.3) is 0 Å². The Bertz CT molecular complexity index is 1470. The fourth-order valence-corrected chi connectivity index (χ4v) is 4.21. The van der Waals surface area contributed by atoms with E-state index in [4.69, 9.17) is 14.4 Å². The zero-order valence-electron chi connectivity index (χ0n) is 21.4. The highest BCUT2D eigenvalue weighted by atomic mass is 16.5. The van der Waals surface area contributed by atoms with Crippen molar-refractivity contribution in [3.8, 4) is 23.1 Å². The number of aromatic nitrogens is 3. The molecule has 0 saturated heterocycles. The number of nitrogens with zero attached hydrogens (tertiary/aromatic N) is 4. The van der Waals surface area contributed by atoms with Crippen molar-refractivity contribution in [3.05, 3.63) is 94.8 Å². The predicted molar refractivity (Wildman–Crippen MR) is 141 cm³/mol. The van der Waals surface area contributed by atoms with E-state index in [1.54, 1.807) is 24.1 Å². The van der Waals surface area contributed by atoms with E-state index in [9.17, 15) is 4.79 Å². The van der Waals surface area contributed by atoms with Gasteiger partial charge in [-0.15, -0.1) is 0 Å². The molecule has 4 rings (SSSR count). The van der Waals surface area contributed by atoms with Gasteiger partial charge in [0.05, 0.1) is 19.2 Å². The Balaban J connectivity index is 1.61. The van der Waals surface area contributed by atoms with Crippen LogP contribution < -0.4 is 10.1 Å². The molecule has 0 aliphatic heterocycles. The third-order valence-corrected chi connectivity index (χ3v) is 5.90. The number of ether oxygens (including phenoxy) is 1. The smallest absolute Gasteiger partial charge is 0.244 e.